The smallest absolute Gasteiger partial charge is 0.257 e. The average molecular weight is 398 g/mol. The molecule has 1 atom stereocenters. The zero-order chi connectivity index (χ0) is 19.5. The fraction of sp³-hybridized carbons (Fsp3) is 0.350. The maximum Gasteiger partial charge on any atom is 0.257 e. The third-order valence-electron chi connectivity index (χ3n) is 4.87. The van der Waals surface area contributed by atoms with Crippen LogP contribution in [0.1, 0.15) is 23.2 Å². The third kappa shape index (κ3) is 3.98. The zero-order valence-electron chi connectivity index (χ0n) is 15.6. The van der Waals surface area contributed by atoms with Crippen LogP contribution in [0.25, 0.3) is 0 Å². The van der Waals surface area contributed by atoms with E-state index < -0.39 is 0 Å². The number of benzene rings is 1. The summed E-state index contributed by atoms with van der Waals surface area (Å²) in [5, 5.41) is 5.92. The highest BCUT2D eigenvalue weighted by atomic mass is 32.2. The molecule has 0 spiro atoms. The predicted molar refractivity (Wildman–Crippen MR) is 110 cm³/mol. The van der Waals surface area contributed by atoms with Crippen LogP contribution in [0.3, 0.4) is 0 Å². The van der Waals surface area contributed by atoms with E-state index in [1.165, 1.54) is 6.20 Å². The van der Waals surface area contributed by atoms with Crippen LogP contribution < -0.4 is 15.5 Å². The normalized spacial score (nSPS) is 18.5. The lowest BCUT2D eigenvalue weighted by Crippen LogP contribution is -2.44. The van der Waals surface area contributed by atoms with E-state index in [1.54, 1.807) is 22.7 Å². The number of amides is 2. The minimum atomic E-state index is -0.261. The number of rotatable bonds is 5. The fourth-order valence-electron chi connectivity index (χ4n) is 3.40. The molecule has 2 aliphatic heterocycles. The lowest BCUT2D eigenvalue weighted by molar-refractivity contribution is -0.117. The van der Waals surface area contributed by atoms with Gasteiger partial charge >= 0.3 is 0 Å². The van der Waals surface area contributed by atoms with E-state index in [2.05, 4.69) is 15.6 Å². The van der Waals surface area contributed by atoms with E-state index in [0.717, 1.165) is 30.0 Å². The number of anilines is 3. The minimum Gasteiger partial charge on any atom is -0.376 e. The van der Waals surface area contributed by atoms with Gasteiger partial charge < -0.3 is 20.3 Å². The molecule has 1 unspecified atom stereocenters. The number of nitrogens with zero attached hydrogens (tertiary/aromatic N) is 2. The number of nitrogens with one attached hydrogen (secondary N) is 2. The van der Waals surface area contributed by atoms with Gasteiger partial charge in [0.15, 0.2) is 0 Å². The van der Waals surface area contributed by atoms with Gasteiger partial charge in [0.25, 0.3) is 5.91 Å². The maximum absolute atomic E-state index is 12.7. The van der Waals surface area contributed by atoms with Crippen LogP contribution in [0, 0.1) is 0 Å². The Bertz CT molecular complexity index is 899. The van der Waals surface area contributed by atoms with Gasteiger partial charge in [0.05, 0.1) is 30.4 Å². The molecule has 1 fully saturated rings. The van der Waals surface area contributed by atoms with Crippen molar-refractivity contribution in [1.82, 2.24) is 4.98 Å². The molecule has 2 aromatic rings. The molecule has 28 heavy (non-hydrogen) atoms. The molecule has 4 rings (SSSR count). The number of carbonyl (C=O) groups is 2. The summed E-state index contributed by atoms with van der Waals surface area (Å²) in [6.45, 7) is 1.41. The number of thioether (sulfide) groups is 1. The Labute approximate surface area is 167 Å². The first-order valence-corrected chi connectivity index (χ1v) is 10.5. The van der Waals surface area contributed by atoms with Gasteiger partial charge in [-0.1, -0.05) is 6.07 Å². The number of ether oxygens (including phenoxy) is 1. The predicted octanol–water partition coefficient (Wildman–Crippen LogP) is 2.99. The highest BCUT2D eigenvalue weighted by Gasteiger charge is 2.29. The Hall–Kier alpha value is -2.58. The summed E-state index contributed by atoms with van der Waals surface area (Å²) in [6, 6.07) is 9.37. The first-order chi connectivity index (χ1) is 13.6. The molecule has 0 saturated carbocycles. The van der Waals surface area contributed by atoms with Crippen molar-refractivity contribution in [3.8, 4) is 0 Å². The van der Waals surface area contributed by atoms with Gasteiger partial charge in [0.1, 0.15) is 5.82 Å². The van der Waals surface area contributed by atoms with Gasteiger partial charge in [-0.3, -0.25) is 9.59 Å². The largest absolute Gasteiger partial charge is 0.376 e. The summed E-state index contributed by atoms with van der Waals surface area (Å²) in [5.74, 6) is 0.303. The number of hydrogen-bond acceptors (Lipinski definition) is 6. The zero-order valence-corrected chi connectivity index (χ0v) is 16.4. The number of carbonyl (C=O) groups excluding carboxylic acids is 2. The van der Waals surface area contributed by atoms with Crippen molar-refractivity contribution in [3.05, 3.63) is 42.1 Å². The molecule has 8 heteroatoms. The Morgan fingerprint density at radius 3 is 3.11 bits per heavy atom. The molecule has 2 aliphatic rings. The first-order valence-electron chi connectivity index (χ1n) is 9.25. The third-order valence-corrected chi connectivity index (χ3v) is 5.59. The van der Waals surface area contributed by atoms with Crippen molar-refractivity contribution < 1.29 is 14.3 Å². The number of fused-ring (bicyclic) bond motifs is 1. The van der Waals surface area contributed by atoms with Gasteiger partial charge in [0.2, 0.25) is 5.91 Å². The van der Waals surface area contributed by atoms with Gasteiger partial charge in [-0.15, -0.1) is 11.8 Å². The number of pyridine rings is 1. The SMILES string of the molecule is CSc1cccc(NC(=O)c2cnc3c(c2)N(CC2CCCO2)C(=O)CN3)c1. The maximum atomic E-state index is 12.7. The van der Waals surface area contributed by atoms with Crippen LogP contribution in [0.4, 0.5) is 17.2 Å². The summed E-state index contributed by atoms with van der Waals surface area (Å²) in [7, 11) is 0. The minimum absolute atomic E-state index is 0.0293. The summed E-state index contributed by atoms with van der Waals surface area (Å²) < 4.78 is 5.68. The van der Waals surface area contributed by atoms with Crippen molar-refractivity contribution in [1.29, 1.82) is 0 Å². The fourth-order valence-corrected chi connectivity index (χ4v) is 3.86. The number of hydrogen-bond donors (Lipinski definition) is 2. The van der Waals surface area contributed by atoms with E-state index in [9.17, 15) is 9.59 Å². The molecule has 2 amide bonds. The van der Waals surface area contributed by atoms with Crippen LogP contribution in [-0.2, 0) is 9.53 Å². The van der Waals surface area contributed by atoms with Gasteiger partial charge in [0, 0.05) is 23.4 Å². The quantitative estimate of drug-likeness (QED) is 0.754. The van der Waals surface area contributed by atoms with Crippen LogP contribution in [0.2, 0.25) is 0 Å². The summed E-state index contributed by atoms with van der Waals surface area (Å²) in [5.41, 5.74) is 1.75. The molecule has 7 nitrogen and oxygen atoms in total. The highest BCUT2D eigenvalue weighted by molar-refractivity contribution is 7.98. The van der Waals surface area contributed by atoms with Gasteiger partial charge in [-0.25, -0.2) is 4.98 Å². The molecule has 2 N–H and O–H groups in total. The standard InChI is InChI=1S/C20H22N4O3S/c1-28-16-6-2-4-14(9-16)23-20(26)13-8-17-19(21-10-13)22-11-18(25)24(17)12-15-5-3-7-27-15/h2,4,6,8-10,15H,3,5,7,11-12H2,1H3,(H,21,22)(H,23,26). The Morgan fingerprint density at radius 1 is 1.43 bits per heavy atom. The second-order valence-corrected chi connectivity index (χ2v) is 7.65. The number of aromatic nitrogens is 1. The summed E-state index contributed by atoms with van der Waals surface area (Å²) in [4.78, 5) is 32.3. The van der Waals surface area contributed by atoms with Gasteiger partial charge in [-0.05, 0) is 43.4 Å². The Kier molecular flexibility index (Phi) is 5.50. The summed E-state index contributed by atoms with van der Waals surface area (Å²) in [6.07, 6.45) is 5.49. The van der Waals surface area contributed by atoms with Crippen LogP contribution in [-0.4, -0.2) is 48.9 Å². The second-order valence-electron chi connectivity index (χ2n) is 6.77. The van der Waals surface area contributed by atoms with Crippen molar-refractivity contribution in [3.63, 3.8) is 0 Å². The Morgan fingerprint density at radius 2 is 2.32 bits per heavy atom. The topological polar surface area (TPSA) is 83.6 Å². The van der Waals surface area contributed by atoms with E-state index in [4.69, 9.17) is 4.74 Å². The lowest BCUT2D eigenvalue weighted by atomic mass is 10.1. The van der Waals surface area contributed by atoms with Gasteiger partial charge in [-0.2, -0.15) is 0 Å². The lowest BCUT2D eigenvalue weighted by Gasteiger charge is -2.31. The highest BCUT2D eigenvalue weighted by Crippen LogP contribution is 2.30. The van der Waals surface area contributed by atoms with Crippen molar-refractivity contribution >= 4 is 40.8 Å². The molecule has 3 heterocycles. The molecule has 1 saturated heterocycles. The molecule has 0 bridgehead atoms. The second kappa shape index (κ2) is 8.20. The molecule has 0 aliphatic carbocycles. The van der Waals surface area contributed by atoms with Crippen LogP contribution in [0.5, 0.6) is 0 Å². The first kappa shape index (κ1) is 18.8. The molecule has 1 aromatic heterocycles. The van der Waals surface area contributed by atoms with Crippen molar-refractivity contribution in [2.24, 2.45) is 0 Å². The molecular formula is C20H22N4O3S. The monoisotopic (exact) mass is 398 g/mol. The van der Waals surface area contributed by atoms with Crippen LogP contribution >= 0.6 is 11.8 Å². The molecule has 146 valence electrons. The van der Waals surface area contributed by atoms with Crippen molar-refractivity contribution in [2.45, 2.75) is 23.8 Å². The van der Waals surface area contributed by atoms with E-state index >= 15 is 0 Å². The van der Waals surface area contributed by atoms with Crippen LogP contribution in [0.15, 0.2) is 41.4 Å². The Balaban J connectivity index is 1.56. The average Bonchev–Trinajstić information content (AvgIpc) is 3.23. The molecular weight excluding hydrogens is 376 g/mol. The van der Waals surface area contributed by atoms with E-state index in [1.807, 2.05) is 30.5 Å². The molecule has 1 aromatic carbocycles. The summed E-state index contributed by atoms with van der Waals surface area (Å²) >= 11 is 1.61. The van der Waals surface area contributed by atoms with Crippen molar-refractivity contribution in [2.75, 3.05) is 41.5 Å². The van der Waals surface area contributed by atoms with E-state index in [0.29, 0.717) is 23.6 Å². The van der Waals surface area contributed by atoms with E-state index in [-0.39, 0.29) is 24.5 Å². The molecule has 0 radical (unpaired) electrons.